The molecule has 0 aliphatic carbocycles. The van der Waals surface area contributed by atoms with Gasteiger partial charge in [0.2, 0.25) is 0 Å². The van der Waals surface area contributed by atoms with Gasteiger partial charge in [0.25, 0.3) is 5.91 Å². The van der Waals surface area contributed by atoms with Crippen LogP contribution in [-0.4, -0.2) is 16.9 Å². The highest BCUT2D eigenvalue weighted by molar-refractivity contribution is 5.98. The number of carbonyl (C=O) groups excluding carboxylic acids is 1. The first-order valence-electron chi connectivity index (χ1n) is 8.12. The van der Waals surface area contributed by atoms with Gasteiger partial charge in [-0.1, -0.05) is 12.1 Å². The van der Waals surface area contributed by atoms with Crippen molar-refractivity contribution in [1.82, 2.24) is 10.3 Å². The summed E-state index contributed by atoms with van der Waals surface area (Å²) in [6.45, 7) is 1.89. The highest BCUT2D eigenvalue weighted by Gasteiger charge is 2.11. The Bertz CT molecular complexity index is 911. The number of nitrogens with zero attached hydrogens (tertiary/aromatic N) is 1. The summed E-state index contributed by atoms with van der Waals surface area (Å²) in [5, 5.41) is 3.84. The van der Waals surface area contributed by atoms with Crippen LogP contribution in [0.3, 0.4) is 0 Å². The van der Waals surface area contributed by atoms with Crippen LogP contribution in [0.4, 0.5) is 8.78 Å². The van der Waals surface area contributed by atoms with Crippen LogP contribution in [-0.2, 0) is 6.42 Å². The molecule has 0 saturated carbocycles. The van der Waals surface area contributed by atoms with E-state index in [2.05, 4.69) is 10.3 Å². The van der Waals surface area contributed by atoms with Crippen LogP contribution >= 0.6 is 0 Å². The molecule has 0 radical (unpaired) electrons. The summed E-state index contributed by atoms with van der Waals surface area (Å²) in [5.41, 5.74) is 2.11. The zero-order valence-corrected chi connectivity index (χ0v) is 13.8. The number of rotatable bonds is 5. The molecule has 1 aromatic heterocycles. The predicted octanol–water partition coefficient (Wildman–Crippen LogP) is 4.26. The molecule has 2 aromatic carbocycles. The lowest BCUT2D eigenvalue weighted by atomic mass is 10.1. The number of carbonyl (C=O) groups is 1. The molecule has 0 saturated heterocycles. The average molecular weight is 340 g/mol. The van der Waals surface area contributed by atoms with Gasteiger partial charge in [-0.25, -0.2) is 8.78 Å². The van der Waals surface area contributed by atoms with Gasteiger partial charge in [-0.15, -0.1) is 0 Å². The number of benzene rings is 2. The molecule has 128 valence electrons. The van der Waals surface area contributed by atoms with Crippen molar-refractivity contribution in [2.45, 2.75) is 25.8 Å². The van der Waals surface area contributed by atoms with Crippen LogP contribution in [0.2, 0.25) is 0 Å². The number of nitrogens with one attached hydrogen (secondary N) is 1. The summed E-state index contributed by atoms with van der Waals surface area (Å²) in [5.74, 6) is -1.86. The molecule has 1 heterocycles. The van der Waals surface area contributed by atoms with Gasteiger partial charge >= 0.3 is 0 Å². The molecule has 0 bridgehead atoms. The first-order valence-corrected chi connectivity index (χ1v) is 8.12. The maximum atomic E-state index is 13.2. The molecule has 0 fully saturated rings. The molecular formula is C20H18F2N2O. The molecule has 0 aliphatic heterocycles. The number of halogens is 2. The van der Waals surface area contributed by atoms with Crippen LogP contribution in [0.1, 0.15) is 29.3 Å². The number of aromatic nitrogens is 1. The first-order chi connectivity index (χ1) is 12.0. The topological polar surface area (TPSA) is 42.0 Å². The Balaban J connectivity index is 1.60. The predicted molar refractivity (Wildman–Crippen MR) is 93.4 cm³/mol. The summed E-state index contributed by atoms with van der Waals surface area (Å²) in [6.07, 6.45) is 2.90. The second-order valence-corrected chi connectivity index (χ2v) is 6.07. The van der Waals surface area contributed by atoms with E-state index in [1.807, 2.05) is 25.1 Å². The monoisotopic (exact) mass is 340 g/mol. The standard InChI is InChI=1S/C20H18F2N2O/c1-13(4-5-14-6-8-17(21)18(22)11-14)24-20(25)16-7-9-19-15(12-16)3-2-10-23-19/h2-3,6-13H,4-5H2,1H3,(H,24,25). The van der Waals surface area contributed by atoms with Crippen molar-refractivity contribution in [3.8, 4) is 0 Å². The van der Waals surface area contributed by atoms with Crippen molar-refractivity contribution in [2.24, 2.45) is 0 Å². The summed E-state index contributed by atoms with van der Waals surface area (Å²) >= 11 is 0. The Morgan fingerprint density at radius 3 is 2.76 bits per heavy atom. The van der Waals surface area contributed by atoms with Crippen molar-refractivity contribution in [2.75, 3.05) is 0 Å². The number of fused-ring (bicyclic) bond motifs is 1. The minimum Gasteiger partial charge on any atom is -0.350 e. The van der Waals surface area contributed by atoms with E-state index in [4.69, 9.17) is 0 Å². The molecule has 1 amide bonds. The second kappa shape index (κ2) is 7.38. The number of amides is 1. The van der Waals surface area contributed by atoms with Crippen molar-refractivity contribution in [3.63, 3.8) is 0 Å². The van der Waals surface area contributed by atoms with Crippen molar-refractivity contribution < 1.29 is 13.6 Å². The van der Waals surface area contributed by atoms with E-state index in [1.165, 1.54) is 6.07 Å². The van der Waals surface area contributed by atoms with Crippen molar-refractivity contribution >= 4 is 16.8 Å². The van der Waals surface area contributed by atoms with Gasteiger partial charge in [0.1, 0.15) is 0 Å². The Kier molecular flexibility index (Phi) is 5.03. The lowest BCUT2D eigenvalue weighted by Crippen LogP contribution is -2.32. The first kappa shape index (κ1) is 17.0. The van der Waals surface area contributed by atoms with Crippen LogP contribution in [0.25, 0.3) is 10.9 Å². The Morgan fingerprint density at radius 2 is 1.96 bits per heavy atom. The fraction of sp³-hybridized carbons (Fsp3) is 0.200. The van der Waals surface area contributed by atoms with Crippen LogP contribution < -0.4 is 5.32 Å². The smallest absolute Gasteiger partial charge is 0.251 e. The molecule has 0 spiro atoms. The van der Waals surface area contributed by atoms with Gasteiger partial charge in [0.05, 0.1) is 5.52 Å². The SMILES string of the molecule is CC(CCc1ccc(F)c(F)c1)NC(=O)c1ccc2ncccc2c1. The summed E-state index contributed by atoms with van der Waals surface area (Å²) in [6, 6.07) is 12.9. The summed E-state index contributed by atoms with van der Waals surface area (Å²) in [4.78, 5) is 16.6. The fourth-order valence-corrected chi connectivity index (χ4v) is 2.67. The van der Waals surface area contributed by atoms with Gasteiger partial charge < -0.3 is 5.32 Å². The second-order valence-electron chi connectivity index (χ2n) is 6.07. The van der Waals surface area contributed by atoms with Crippen molar-refractivity contribution in [3.05, 3.63) is 77.5 Å². The van der Waals surface area contributed by atoms with Gasteiger partial charge in [-0.2, -0.15) is 0 Å². The van der Waals surface area contributed by atoms with Gasteiger partial charge in [-0.3, -0.25) is 9.78 Å². The maximum Gasteiger partial charge on any atom is 0.251 e. The molecule has 1 N–H and O–H groups in total. The Morgan fingerprint density at radius 1 is 1.12 bits per heavy atom. The molecule has 3 aromatic rings. The molecular weight excluding hydrogens is 322 g/mol. The third-order valence-electron chi connectivity index (χ3n) is 4.09. The molecule has 25 heavy (non-hydrogen) atoms. The largest absolute Gasteiger partial charge is 0.350 e. The number of hydrogen-bond donors (Lipinski definition) is 1. The van der Waals surface area contributed by atoms with Gasteiger partial charge in [0.15, 0.2) is 11.6 Å². The van der Waals surface area contributed by atoms with E-state index in [0.717, 1.165) is 17.0 Å². The third kappa shape index (κ3) is 4.18. The lowest BCUT2D eigenvalue weighted by Gasteiger charge is -2.14. The molecule has 5 heteroatoms. The van der Waals surface area contributed by atoms with E-state index in [1.54, 1.807) is 24.4 Å². The molecule has 1 unspecified atom stereocenters. The van der Waals surface area contributed by atoms with E-state index < -0.39 is 11.6 Å². The Labute approximate surface area is 144 Å². The zero-order chi connectivity index (χ0) is 17.8. The summed E-state index contributed by atoms with van der Waals surface area (Å²) in [7, 11) is 0. The number of pyridine rings is 1. The van der Waals surface area contributed by atoms with E-state index in [-0.39, 0.29) is 11.9 Å². The lowest BCUT2D eigenvalue weighted by molar-refractivity contribution is 0.0938. The average Bonchev–Trinajstić information content (AvgIpc) is 2.62. The van der Waals surface area contributed by atoms with Crippen LogP contribution in [0.15, 0.2) is 54.7 Å². The minimum atomic E-state index is -0.851. The number of aryl methyl sites for hydroxylation is 1. The third-order valence-corrected chi connectivity index (χ3v) is 4.09. The van der Waals surface area contributed by atoms with E-state index >= 15 is 0 Å². The summed E-state index contributed by atoms with van der Waals surface area (Å²) < 4.78 is 26.1. The molecule has 3 nitrogen and oxygen atoms in total. The van der Waals surface area contributed by atoms with Gasteiger partial charge in [0, 0.05) is 23.2 Å². The minimum absolute atomic E-state index is 0.0924. The highest BCUT2D eigenvalue weighted by atomic mass is 19.2. The fourth-order valence-electron chi connectivity index (χ4n) is 2.67. The highest BCUT2D eigenvalue weighted by Crippen LogP contribution is 2.14. The normalized spacial score (nSPS) is 12.1. The molecule has 0 aliphatic rings. The zero-order valence-electron chi connectivity index (χ0n) is 13.8. The van der Waals surface area contributed by atoms with Crippen molar-refractivity contribution in [1.29, 1.82) is 0 Å². The van der Waals surface area contributed by atoms with Crippen LogP contribution in [0.5, 0.6) is 0 Å². The van der Waals surface area contributed by atoms with E-state index in [9.17, 15) is 13.6 Å². The number of hydrogen-bond acceptors (Lipinski definition) is 2. The quantitative estimate of drug-likeness (QED) is 0.754. The Hall–Kier alpha value is -2.82. The van der Waals surface area contributed by atoms with Crippen LogP contribution in [0, 0.1) is 11.6 Å². The molecule has 1 atom stereocenters. The maximum absolute atomic E-state index is 13.2. The van der Waals surface area contributed by atoms with Gasteiger partial charge in [-0.05, 0) is 61.7 Å². The van der Waals surface area contributed by atoms with E-state index in [0.29, 0.717) is 24.0 Å². The molecule has 3 rings (SSSR count).